The van der Waals surface area contributed by atoms with E-state index in [4.69, 9.17) is 0 Å². The third-order valence-electron chi connectivity index (χ3n) is 2.88. The van der Waals surface area contributed by atoms with E-state index in [2.05, 4.69) is 20.9 Å². The first-order valence-corrected chi connectivity index (χ1v) is 7.12. The predicted molar refractivity (Wildman–Crippen MR) is 77.8 cm³/mol. The fourth-order valence-electron chi connectivity index (χ4n) is 2.00. The molecule has 0 aliphatic rings. The van der Waals surface area contributed by atoms with Crippen LogP contribution in [0.1, 0.15) is 16.5 Å². The van der Waals surface area contributed by atoms with Crippen LogP contribution in [0, 0.1) is 0 Å². The molecule has 3 rings (SSSR count). The largest absolute Gasteiger partial charge is 0.383 e. The van der Waals surface area contributed by atoms with Gasteiger partial charge in [0.1, 0.15) is 6.10 Å². The number of aliphatic hydroxyl groups is 1. The smallest absolute Gasteiger partial charge is 0.114 e. The minimum Gasteiger partial charge on any atom is -0.383 e. The van der Waals surface area contributed by atoms with Crippen molar-refractivity contribution >= 4 is 38.0 Å². The Bertz CT molecular complexity index is 690. The van der Waals surface area contributed by atoms with Crippen molar-refractivity contribution in [3.05, 3.63) is 63.0 Å². The van der Waals surface area contributed by atoms with Crippen LogP contribution in [0.3, 0.4) is 0 Å². The molecule has 2 aromatic heterocycles. The minimum atomic E-state index is -0.603. The fraction of sp³-hybridized carbons (Fsp3) is 0.0714. The zero-order chi connectivity index (χ0) is 12.5. The molecule has 1 unspecified atom stereocenters. The summed E-state index contributed by atoms with van der Waals surface area (Å²) < 4.78 is 1.02. The van der Waals surface area contributed by atoms with Gasteiger partial charge >= 0.3 is 0 Å². The molecule has 0 spiro atoms. The number of rotatable bonds is 2. The van der Waals surface area contributed by atoms with Gasteiger partial charge in [-0.1, -0.05) is 18.2 Å². The Hall–Kier alpha value is -1.23. The Balaban J connectivity index is 2.14. The highest BCUT2D eigenvalue weighted by atomic mass is 79.9. The van der Waals surface area contributed by atoms with E-state index in [1.165, 1.54) is 0 Å². The number of halogens is 1. The second kappa shape index (κ2) is 4.80. The molecule has 18 heavy (non-hydrogen) atoms. The fourth-order valence-corrected chi connectivity index (χ4v) is 3.43. The van der Waals surface area contributed by atoms with Gasteiger partial charge in [0, 0.05) is 22.7 Å². The van der Waals surface area contributed by atoms with Gasteiger partial charge < -0.3 is 5.11 Å². The monoisotopic (exact) mass is 319 g/mol. The van der Waals surface area contributed by atoms with Gasteiger partial charge in [-0.3, -0.25) is 4.98 Å². The molecule has 90 valence electrons. The summed E-state index contributed by atoms with van der Waals surface area (Å²) in [5, 5.41) is 12.6. The number of nitrogens with zero attached hydrogens (tertiary/aromatic N) is 1. The molecule has 0 aliphatic carbocycles. The van der Waals surface area contributed by atoms with Gasteiger partial charge in [0.2, 0.25) is 0 Å². The summed E-state index contributed by atoms with van der Waals surface area (Å²) in [4.78, 5) is 5.07. The second-order valence-corrected chi connectivity index (χ2v) is 6.48. The van der Waals surface area contributed by atoms with Crippen LogP contribution in [0.25, 0.3) is 10.8 Å². The first kappa shape index (κ1) is 11.8. The van der Waals surface area contributed by atoms with Crippen LogP contribution in [0.5, 0.6) is 0 Å². The molecule has 0 saturated heterocycles. The predicted octanol–water partition coefficient (Wildman–Crippen LogP) is 4.14. The Labute approximate surface area is 117 Å². The lowest BCUT2D eigenvalue weighted by Crippen LogP contribution is -1.98. The maximum absolute atomic E-state index is 10.5. The van der Waals surface area contributed by atoms with Crippen LogP contribution < -0.4 is 0 Å². The zero-order valence-corrected chi connectivity index (χ0v) is 11.8. The van der Waals surface area contributed by atoms with Crippen molar-refractivity contribution in [2.45, 2.75) is 6.10 Å². The molecule has 1 atom stereocenters. The van der Waals surface area contributed by atoms with Crippen molar-refractivity contribution in [1.29, 1.82) is 0 Å². The Morgan fingerprint density at radius 3 is 2.83 bits per heavy atom. The molecular formula is C14H10BrNOS. The summed E-state index contributed by atoms with van der Waals surface area (Å²) in [7, 11) is 0. The van der Waals surface area contributed by atoms with E-state index in [1.807, 2.05) is 36.4 Å². The van der Waals surface area contributed by atoms with Gasteiger partial charge in [0.05, 0.1) is 3.79 Å². The van der Waals surface area contributed by atoms with Crippen LogP contribution in [0.2, 0.25) is 0 Å². The third kappa shape index (κ3) is 2.07. The second-order valence-electron chi connectivity index (χ2n) is 3.99. The molecule has 0 aliphatic heterocycles. The lowest BCUT2D eigenvalue weighted by molar-refractivity contribution is 0.226. The first-order chi connectivity index (χ1) is 8.75. The van der Waals surface area contributed by atoms with Crippen LogP contribution in [0.4, 0.5) is 0 Å². The van der Waals surface area contributed by atoms with Crippen molar-refractivity contribution in [1.82, 2.24) is 4.98 Å². The molecule has 3 aromatic rings. The number of hydrogen-bond donors (Lipinski definition) is 1. The summed E-state index contributed by atoms with van der Waals surface area (Å²) in [6.45, 7) is 0. The van der Waals surface area contributed by atoms with Crippen LogP contribution in [0.15, 0.2) is 52.6 Å². The molecule has 0 fully saturated rings. The molecule has 0 amide bonds. The normalized spacial score (nSPS) is 12.8. The Morgan fingerprint density at radius 1 is 1.17 bits per heavy atom. The molecule has 2 nitrogen and oxygen atoms in total. The SMILES string of the molecule is OC(c1ccc(Br)s1)c1cccc2ccncc12. The Morgan fingerprint density at radius 2 is 2.06 bits per heavy atom. The number of aromatic nitrogens is 1. The summed E-state index contributed by atoms with van der Waals surface area (Å²) >= 11 is 4.96. The van der Waals surface area contributed by atoms with Crippen molar-refractivity contribution in [3.8, 4) is 0 Å². The van der Waals surface area contributed by atoms with E-state index >= 15 is 0 Å². The topological polar surface area (TPSA) is 33.1 Å². The van der Waals surface area contributed by atoms with Gasteiger partial charge in [-0.25, -0.2) is 0 Å². The van der Waals surface area contributed by atoms with E-state index < -0.39 is 6.10 Å². The molecule has 1 N–H and O–H groups in total. The van der Waals surface area contributed by atoms with Crippen molar-refractivity contribution < 1.29 is 5.11 Å². The number of hydrogen-bond acceptors (Lipinski definition) is 3. The number of pyridine rings is 1. The average Bonchev–Trinajstić information content (AvgIpc) is 2.84. The highest BCUT2D eigenvalue weighted by Gasteiger charge is 2.15. The number of aliphatic hydroxyl groups excluding tert-OH is 1. The van der Waals surface area contributed by atoms with Crippen molar-refractivity contribution in [2.24, 2.45) is 0 Å². The van der Waals surface area contributed by atoms with Crippen LogP contribution in [-0.4, -0.2) is 10.1 Å². The molecule has 4 heteroatoms. The molecule has 0 saturated carbocycles. The van der Waals surface area contributed by atoms with E-state index in [0.717, 1.165) is 25.0 Å². The quantitative estimate of drug-likeness (QED) is 0.770. The highest BCUT2D eigenvalue weighted by Crippen LogP contribution is 2.33. The molecule has 0 radical (unpaired) electrons. The highest BCUT2D eigenvalue weighted by molar-refractivity contribution is 9.11. The molecule has 1 aromatic carbocycles. The Kier molecular flexibility index (Phi) is 3.16. The summed E-state index contributed by atoms with van der Waals surface area (Å²) in [6.07, 6.45) is 2.96. The average molecular weight is 320 g/mol. The summed E-state index contributed by atoms with van der Waals surface area (Å²) in [5.74, 6) is 0. The van der Waals surface area contributed by atoms with Gasteiger partial charge in [-0.15, -0.1) is 11.3 Å². The lowest BCUT2D eigenvalue weighted by Gasteiger charge is -2.11. The van der Waals surface area contributed by atoms with E-state index in [1.54, 1.807) is 23.7 Å². The minimum absolute atomic E-state index is 0.603. The van der Waals surface area contributed by atoms with Crippen LogP contribution >= 0.6 is 27.3 Å². The van der Waals surface area contributed by atoms with E-state index in [-0.39, 0.29) is 0 Å². The van der Waals surface area contributed by atoms with E-state index in [0.29, 0.717) is 0 Å². The molecule has 0 bridgehead atoms. The molecular weight excluding hydrogens is 310 g/mol. The van der Waals surface area contributed by atoms with Crippen LogP contribution in [-0.2, 0) is 0 Å². The number of thiophene rings is 1. The third-order valence-corrected chi connectivity index (χ3v) is 4.55. The summed E-state index contributed by atoms with van der Waals surface area (Å²) in [5.41, 5.74) is 0.898. The first-order valence-electron chi connectivity index (χ1n) is 5.51. The van der Waals surface area contributed by atoms with Gasteiger partial charge in [-0.2, -0.15) is 0 Å². The van der Waals surface area contributed by atoms with E-state index in [9.17, 15) is 5.11 Å². The van der Waals surface area contributed by atoms with Gasteiger partial charge in [0.25, 0.3) is 0 Å². The molecule has 2 heterocycles. The maximum atomic E-state index is 10.5. The van der Waals surface area contributed by atoms with Crippen molar-refractivity contribution in [2.75, 3.05) is 0 Å². The van der Waals surface area contributed by atoms with Crippen molar-refractivity contribution in [3.63, 3.8) is 0 Å². The maximum Gasteiger partial charge on any atom is 0.114 e. The zero-order valence-electron chi connectivity index (χ0n) is 9.38. The standard InChI is InChI=1S/C14H10BrNOS/c15-13-5-4-12(18-13)14(17)10-3-1-2-9-6-7-16-8-11(9)10/h1-8,14,17H. The number of fused-ring (bicyclic) bond motifs is 1. The van der Waals surface area contributed by atoms with Gasteiger partial charge in [-0.05, 0) is 45.1 Å². The van der Waals surface area contributed by atoms with Gasteiger partial charge in [0.15, 0.2) is 0 Å². The lowest BCUT2D eigenvalue weighted by atomic mass is 10.0. The number of benzene rings is 1. The summed E-state index contributed by atoms with van der Waals surface area (Å²) in [6, 6.07) is 11.8.